The average molecular weight is 807 g/mol. The first-order valence-corrected chi connectivity index (χ1v) is 21.2. The molecule has 0 aliphatic carbocycles. The van der Waals surface area contributed by atoms with Gasteiger partial charge in [-0.3, -0.25) is 23.2 Å². The van der Waals surface area contributed by atoms with Gasteiger partial charge in [0.25, 0.3) is 5.88 Å². The maximum atomic E-state index is 14.6. The van der Waals surface area contributed by atoms with E-state index in [2.05, 4.69) is 15.5 Å². The number of hydrogen-bond acceptors (Lipinski definition) is 13. The SMILES string of the molecule is CCOC(COc1cc([C@H](C(=O)N2C[C@H](OP(=O)(OC(C)(C)C)OC(C)(C)C)C[C@H]2C(=O)N[C@@H](C)c2ccc(-c3scnc3C)cc2)C(C)C)on1)OCC. The molecule has 1 saturated heterocycles. The Hall–Kier alpha value is -3.17. The van der Waals surface area contributed by atoms with Crippen LogP contribution in [0.5, 0.6) is 5.88 Å². The monoisotopic (exact) mass is 806 g/mol. The third-order valence-corrected chi connectivity index (χ3v) is 11.6. The number of carbonyl (C=O) groups is 2. The van der Waals surface area contributed by atoms with E-state index in [-0.39, 0.29) is 48.9 Å². The number of benzene rings is 1. The lowest BCUT2D eigenvalue weighted by Crippen LogP contribution is -2.48. The van der Waals surface area contributed by atoms with E-state index in [1.807, 2.05) is 71.3 Å². The predicted octanol–water partition coefficient (Wildman–Crippen LogP) is 8.23. The van der Waals surface area contributed by atoms with Crippen LogP contribution in [-0.4, -0.2) is 82.9 Å². The van der Waals surface area contributed by atoms with Crippen molar-refractivity contribution in [2.24, 2.45) is 5.92 Å². The zero-order valence-corrected chi connectivity index (χ0v) is 36.0. The molecule has 3 aromatic rings. The average Bonchev–Trinajstić information content (AvgIpc) is 3.82. The van der Waals surface area contributed by atoms with E-state index in [0.717, 1.165) is 21.7 Å². The van der Waals surface area contributed by atoms with Crippen LogP contribution in [0.2, 0.25) is 0 Å². The number of carbonyl (C=O) groups excluding carboxylic acids is 2. The van der Waals surface area contributed by atoms with Gasteiger partial charge in [0.2, 0.25) is 11.8 Å². The second kappa shape index (κ2) is 18.8. The van der Waals surface area contributed by atoms with Gasteiger partial charge in [0, 0.05) is 32.2 Å². The Balaban J connectivity index is 1.61. The first kappa shape index (κ1) is 44.5. The van der Waals surface area contributed by atoms with Gasteiger partial charge in [-0.15, -0.1) is 11.3 Å². The smallest absolute Gasteiger partial charge is 0.470 e. The number of amides is 2. The van der Waals surface area contributed by atoms with Crippen LogP contribution >= 0.6 is 19.2 Å². The van der Waals surface area contributed by atoms with Gasteiger partial charge in [0.15, 0.2) is 12.1 Å². The molecule has 1 aliphatic rings. The Labute approximate surface area is 329 Å². The molecule has 0 unspecified atom stereocenters. The quantitative estimate of drug-likeness (QED) is 0.0970. The van der Waals surface area contributed by atoms with E-state index in [0.29, 0.717) is 13.2 Å². The molecule has 55 heavy (non-hydrogen) atoms. The Morgan fingerprint density at radius 3 is 2.16 bits per heavy atom. The highest BCUT2D eigenvalue weighted by atomic mass is 32.1. The Morgan fingerprint density at radius 1 is 1.02 bits per heavy atom. The molecule has 0 spiro atoms. The summed E-state index contributed by atoms with van der Waals surface area (Å²) in [7, 11) is -4.19. The number of ether oxygens (including phenoxy) is 3. The van der Waals surface area contributed by atoms with Gasteiger partial charge in [-0.25, -0.2) is 9.55 Å². The van der Waals surface area contributed by atoms with E-state index in [9.17, 15) is 14.2 Å². The lowest BCUT2D eigenvalue weighted by atomic mass is 9.91. The fourth-order valence-electron chi connectivity index (χ4n) is 6.25. The summed E-state index contributed by atoms with van der Waals surface area (Å²) >= 11 is 1.57. The van der Waals surface area contributed by atoms with Crippen molar-refractivity contribution in [1.29, 1.82) is 0 Å². The minimum atomic E-state index is -4.19. The predicted molar refractivity (Wildman–Crippen MR) is 210 cm³/mol. The summed E-state index contributed by atoms with van der Waals surface area (Å²) in [5, 5.41) is 7.15. The van der Waals surface area contributed by atoms with E-state index >= 15 is 0 Å². The number of phosphoric acid groups is 1. The van der Waals surface area contributed by atoms with Gasteiger partial charge in [-0.2, -0.15) is 0 Å². The number of aryl methyl sites for hydroxylation is 1. The number of hydrogen-bond donors (Lipinski definition) is 1. The number of phosphoric ester groups is 1. The van der Waals surface area contributed by atoms with E-state index in [1.165, 1.54) is 4.90 Å². The van der Waals surface area contributed by atoms with Crippen molar-refractivity contribution in [3.8, 4) is 16.3 Å². The number of nitrogens with zero attached hydrogens (tertiary/aromatic N) is 3. The highest BCUT2D eigenvalue weighted by Crippen LogP contribution is 2.57. The highest BCUT2D eigenvalue weighted by Gasteiger charge is 2.48. The molecule has 14 nitrogen and oxygen atoms in total. The molecule has 1 fully saturated rings. The van der Waals surface area contributed by atoms with Crippen molar-refractivity contribution in [2.45, 2.75) is 131 Å². The van der Waals surface area contributed by atoms with E-state index < -0.39 is 49.4 Å². The number of rotatable bonds is 18. The fourth-order valence-corrected chi connectivity index (χ4v) is 9.04. The molecule has 3 heterocycles. The van der Waals surface area contributed by atoms with Crippen LogP contribution in [0.4, 0.5) is 0 Å². The van der Waals surface area contributed by atoms with Crippen LogP contribution in [0.25, 0.3) is 10.4 Å². The maximum absolute atomic E-state index is 14.6. The molecule has 0 saturated carbocycles. The summed E-state index contributed by atoms with van der Waals surface area (Å²) in [6.07, 6.45) is -1.41. The normalized spacial score (nSPS) is 17.9. The third-order valence-electron chi connectivity index (χ3n) is 8.49. The van der Waals surface area contributed by atoms with Gasteiger partial charge >= 0.3 is 7.82 Å². The Morgan fingerprint density at radius 2 is 1.64 bits per heavy atom. The molecule has 1 aliphatic heterocycles. The number of nitrogens with one attached hydrogen (secondary N) is 1. The molecule has 2 aromatic heterocycles. The van der Waals surface area contributed by atoms with Gasteiger partial charge in [-0.1, -0.05) is 38.1 Å². The number of likely N-dealkylation sites (tertiary alicyclic amines) is 1. The van der Waals surface area contributed by atoms with Crippen molar-refractivity contribution in [2.75, 3.05) is 26.4 Å². The second-order valence-electron chi connectivity index (χ2n) is 15.9. The summed E-state index contributed by atoms with van der Waals surface area (Å²) in [5.74, 6) is -1.44. The Kier molecular flexibility index (Phi) is 15.3. The molecular formula is C39H59N4O10PS. The lowest BCUT2D eigenvalue weighted by molar-refractivity contribution is -0.153. The van der Waals surface area contributed by atoms with Gasteiger partial charge in [0.1, 0.15) is 18.6 Å². The lowest BCUT2D eigenvalue weighted by Gasteiger charge is -2.32. The fraction of sp³-hybridized carbons (Fsp3) is 0.641. The van der Waals surface area contributed by atoms with Gasteiger partial charge in [0.05, 0.1) is 39.4 Å². The van der Waals surface area contributed by atoms with Crippen molar-refractivity contribution in [3.63, 3.8) is 0 Å². The first-order chi connectivity index (χ1) is 25.7. The summed E-state index contributed by atoms with van der Waals surface area (Å²) in [4.78, 5) is 35.8. The van der Waals surface area contributed by atoms with Gasteiger partial charge < -0.3 is 29.0 Å². The van der Waals surface area contributed by atoms with Crippen molar-refractivity contribution >= 4 is 31.0 Å². The maximum Gasteiger partial charge on any atom is 0.476 e. The molecule has 0 radical (unpaired) electrons. The molecule has 16 heteroatoms. The van der Waals surface area contributed by atoms with Crippen LogP contribution in [0.3, 0.4) is 0 Å². The van der Waals surface area contributed by atoms with Crippen LogP contribution in [-0.2, 0) is 37.2 Å². The molecule has 0 bridgehead atoms. The summed E-state index contributed by atoms with van der Waals surface area (Å²) in [6, 6.07) is 8.14. The molecule has 4 atom stereocenters. The second-order valence-corrected chi connectivity index (χ2v) is 18.2. The molecule has 1 aromatic carbocycles. The minimum Gasteiger partial charge on any atom is -0.470 e. The van der Waals surface area contributed by atoms with E-state index in [1.54, 1.807) is 58.9 Å². The van der Waals surface area contributed by atoms with Crippen molar-refractivity contribution < 1.29 is 46.5 Å². The topological polar surface area (TPSA) is 161 Å². The van der Waals surface area contributed by atoms with Gasteiger partial charge in [-0.05, 0) is 91.4 Å². The van der Waals surface area contributed by atoms with Crippen molar-refractivity contribution in [3.05, 3.63) is 52.9 Å². The minimum absolute atomic E-state index is 0.0463. The molecule has 1 N–H and O–H groups in total. The summed E-state index contributed by atoms with van der Waals surface area (Å²) in [5.41, 5.74) is 2.94. The zero-order valence-electron chi connectivity index (χ0n) is 34.2. The number of aromatic nitrogens is 2. The Bertz CT molecular complexity index is 1720. The molecule has 4 rings (SSSR count). The van der Waals surface area contributed by atoms with Crippen LogP contribution < -0.4 is 10.1 Å². The number of thiazole rings is 1. The zero-order chi connectivity index (χ0) is 40.7. The van der Waals surface area contributed by atoms with Crippen molar-refractivity contribution in [1.82, 2.24) is 20.4 Å². The summed E-state index contributed by atoms with van der Waals surface area (Å²) in [6.45, 7) is 22.7. The molecule has 2 amide bonds. The van der Waals surface area contributed by atoms with Crippen LogP contribution in [0, 0.1) is 12.8 Å². The van der Waals surface area contributed by atoms with Crippen LogP contribution in [0.1, 0.15) is 112 Å². The third kappa shape index (κ3) is 12.7. The first-order valence-electron chi connectivity index (χ1n) is 18.9. The standard InChI is InChI=1S/C39H59N4O10PS/c1-13-47-33(48-14-2)22-49-32-20-31(50-42-32)34(24(3)4)37(45)43-21-29(51-54(46,52-38(7,8)9)53-39(10,11)12)19-30(43)36(44)41-25(5)27-15-17-28(18-16-27)35-26(6)40-23-55-35/h15-18,20,23-25,29-30,33-34H,13-14,19,21-22H2,1-12H3,(H,41,44)/t25-,29+,30-,34+/m0/s1. The van der Waals surface area contributed by atoms with E-state index in [4.69, 9.17) is 32.3 Å². The summed E-state index contributed by atoms with van der Waals surface area (Å²) < 4.78 is 54.7. The van der Waals surface area contributed by atoms with Crippen LogP contribution in [0.15, 0.2) is 40.4 Å². The largest absolute Gasteiger partial charge is 0.476 e. The molecular weight excluding hydrogens is 747 g/mol. The molecule has 306 valence electrons. The highest BCUT2D eigenvalue weighted by molar-refractivity contribution is 7.48.